The summed E-state index contributed by atoms with van der Waals surface area (Å²) >= 11 is 0. The molecule has 2 rings (SSSR count). The van der Waals surface area contributed by atoms with Crippen molar-refractivity contribution >= 4 is 17.6 Å². The van der Waals surface area contributed by atoms with Crippen LogP contribution in [-0.2, 0) is 22.5 Å². The third-order valence-electron chi connectivity index (χ3n) is 3.96. The maximum Gasteiger partial charge on any atom is 0.338 e. The predicted molar refractivity (Wildman–Crippen MR) is 101 cm³/mol. The molecule has 0 fully saturated rings. The zero-order valence-electron chi connectivity index (χ0n) is 15.5. The fourth-order valence-electron chi connectivity index (χ4n) is 2.50. The van der Waals surface area contributed by atoms with Gasteiger partial charge < -0.3 is 10.1 Å². The van der Waals surface area contributed by atoms with Gasteiger partial charge in [-0.1, -0.05) is 26.7 Å². The van der Waals surface area contributed by atoms with Crippen molar-refractivity contribution in [2.75, 3.05) is 11.9 Å². The maximum atomic E-state index is 12.2. The van der Waals surface area contributed by atoms with Crippen LogP contribution in [-0.4, -0.2) is 18.5 Å². The third kappa shape index (κ3) is 6.31. The van der Waals surface area contributed by atoms with Gasteiger partial charge >= 0.3 is 5.97 Å². The summed E-state index contributed by atoms with van der Waals surface area (Å²) in [6.07, 6.45) is 7.82. The summed E-state index contributed by atoms with van der Waals surface area (Å²) in [6.45, 7) is 4.86. The molecule has 2 aromatic rings. The second-order valence-corrected chi connectivity index (χ2v) is 6.24. The molecule has 1 amide bonds. The van der Waals surface area contributed by atoms with E-state index in [2.05, 4.69) is 12.2 Å². The van der Waals surface area contributed by atoms with E-state index < -0.39 is 0 Å². The summed E-state index contributed by atoms with van der Waals surface area (Å²) in [5.74, 6) is -0.449. The molecule has 0 radical (unpaired) electrons. The Hall–Kier alpha value is -2.69. The van der Waals surface area contributed by atoms with Crippen molar-refractivity contribution in [1.29, 1.82) is 0 Å². The van der Waals surface area contributed by atoms with Crippen LogP contribution in [0.5, 0.6) is 0 Å². The van der Waals surface area contributed by atoms with Crippen LogP contribution in [0.3, 0.4) is 0 Å². The Kier molecular flexibility index (Phi) is 7.80. The molecule has 0 aliphatic rings. The molecule has 138 valence electrons. The fourth-order valence-corrected chi connectivity index (χ4v) is 2.50. The molecule has 1 aromatic heterocycles. The van der Waals surface area contributed by atoms with Gasteiger partial charge in [0.15, 0.2) is 12.4 Å². The van der Waals surface area contributed by atoms with Gasteiger partial charge in [0, 0.05) is 17.8 Å². The van der Waals surface area contributed by atoms with E-state index in [0.29, 0.717) is 17.9 Å². The number of pyridine rings is 1. The number of carbonyl (C=O) groups is 2. The number of hydrogen-bond acceptors (Lipinski definition) is 3. The lowest BCUT2D eigenvalue weighted by Gasteiger charge is -2.06. The number of aromatic nitrogens is 1. The highest BCUT2D eigenvalue weighted by molar-refractivity contribution is 5.92. The van der Waals surface area contributed by atoms with Crippen LogP contribution in [0.1, 0.15) is 49.0 Å². The van der Waals surface area contributed by atoms with E-state index in [1.165, 1.54) is 5.56 Å². The van der Waals surface area contributed by atoms with E-state index >= 15 is 0 Å². The first-order chi connectivity index (χ1) is 12.6. The van der Waals surface area contributed by atoms with Crippen molar-refractivity contribution < 1.29 is 18.9 Å². The van der Waals surface area contributed by atoms with E-state index in [1.807, 2.05) is 36.0 Å². The van der Waals surface area contributed by atoms with Crippen LogP contribution >= 0.6 is 0 Å². The Morgan fingerprint density at radius 1 is 1.00 bits per heavy atom. The van der Waals surface area contributed by atoms with E-state index in [0.717, 1.165) is 25.7 Å². The molecule has 5 heteroatoms. The molecule has 0 saturated heterocycles. The molecule has 0 spiro atoms. The van der Waals surface area contributed by atoms with Crippen molar-refractivity contribution in [2.24, 2.45) is 0 Å². The van der Waals surface area contributed by atoms with Gasteiger partial charge in [0.1, 0.15) is 0 Å². The van der Waals surface area contributed by atoms with Gasteiger partial charge in [0.05, 0.1) is 12.2 Å². The Labute approximate surface area is 155 Å². The number of carbonyl (C=O) groups excluding carboxylic acids is 2. The van der Waals surface area contributed by atoms with Gasteiger partial charge in [-0.15, -0.1) is 0 Å². The molecule has 5 nitrogen and oxygen atoms in total. The summed E-state index contributed by atoms with van der Waals surface area (Å²) in [6, 6.07) is 10.8. The summed E-state index contributed by atoms with van der Waals surface area (Å²) < 4.78 is 7.01. The molecule has 0 aliphatic carbocycles. The Morgan fingerprint density at radius 2 is 1.69 bits per heavy atom. The van der Waals surface area contributed by atoms with Crippen molar-refractivity contribution in [2.45, 2.75) is 46.1 Å². The predicted octanol–water partition coefficient (Wildman–Crippen LogP) is 3.52. The van der Waals surface area contributed by atoms with Gasteiger partial charge in [0.25, 0.3) is 5.91 Å². The van der Waals surface area contributed by atoms with Crippen LogP contribution in [0.25, 0.3) is 0 Å². The van der Waals surface area contributed by atoms with Gasteiger partial charge in [-0.25, -0.2) is 4.79 Å². The van der Waals surface area contributed by atoms with Crippen molar-refractivity contribution in [3.05, 3.63) is 59.9 Å². The van der Waals surface area contributed by atoms with Crippen LogP contribution < -0.4 is 9.88 Å². The second-order valence-electron chi connectivity index (χ2n) is 6.24. The number of anilines is 1. The van der Waals surface area contributed by atoms with Crippen molar-refractivity contribution in [1.82, 2.24) is 0 Å². The van der Waals surface area contributed by atoms with Crippen LogP contribution in [0, 0.1) is 0 Å². The zero-order chi connectivity index (χ0) is 18.8. The Balaban J connectivity index is 1.85. The number of amides is 1. The van der Waals surface area contributed by atoms with Crippen molar-refractivity contribution in [3.8, 4) is 0 Å². The molecule has 26 heavy (non-hydrogen) atoms. The van der Waals surface area contributed by atoms with E-state index in [1.54, 1.807) is 24.3 Å². The molecule has 0 unspecified atom stereocenters. The van der Waals surface area contributed by atoms with Crippen LogP contribution in [0.4, 0.5) is 5.69 Å². The Bertz CT molecular complexity index is 709. The zero-order valence-corrected chi connectivity index (χ0v) is 15.5. The normalized spacial score (nSPS) is 10.4. The van der Waals surface area contributed by atoms with Crippen LogP contribution in [0.15, 0.2) is 48.8 Å². The SMILES string of the molecule is CCCCOC(=O)c1ccc(NC(=O)C[n+]2ccc(CCC)cc2)cc1. The summed E-state index contributed by atoms with van der Waals surface area (Å²) in [7, 11) is 0. The minimum absolute atomic E-state index is 0.114. The average Bonchev–Trinajstić information content (AvgIpc) is 2.64. The lowest BCUT2D eigenvalue weighted by atomic mass is 10.1. The number of hydrogen-bond donors (Lipinski definition) is 1. The van der Waals surface area contributed by atoms with E-state index in [4.69, 9.17) is 4.74 Å². The Morgan fingerprint density at radius 3 is 2.31 bits per heavy atom. The first-order valence-electron chi connectivity index (χ1n) is 9.17. The lowest BCUT2D eigenvalue weighted by Crippen LogP contribution is -2.39. The first-order valence-corrected chi connectivity index (χ1v) is 9.17. The van der Waals surface area contributed by atoms with Crippen molar-refractivity contribution in [3.63, 3.8) is 0 Å². The molecule has 1 N–H and O–H groups in total. The van der Waals surface area contributed by atoms with E-state index in [-0.39, 0.29) is 18.4 Å². The average molecular weight is 355 g/mol. The molecular formula is C21H27N2O3+. The number of rotatable bonds is 9. The number of aryl methyl sites for hydroxylation is 1. The fraction of sp³-hybridized carbons (Fsp3) is 0.381. The number of ether oxygens (including phenoxy) is 1. The standard InChI is InChI=1S/C21H26N2O3/c1-3-5-15-26-21(25)18-7-9-19(10-8-18)22-20(24)16-23-13-11-17(6-4-2)12-14-23/h7-14H,3-6,15-16H2,1-2H3/p+1. The molecule has 0 saturated carbocycles. The van der Waals surface area contributed by atoms with Gasteiger partial charge in [-0.05, 0) is 42.7 Å². The first kappa shape index (κ1) is 19.6. The highest BCUT2D eigenvalue weighted by Crippen LogP contribution is 2.11. The van der Waals surface area contributed by atoms with Gasteiger partial charge in [-0.2, -0.15) is 4.57 Å². The smallest absolute Gasteiger partial charge is 0.338 e. The highest BCUT2D eigenvalue weighted by atomic mass is 16.5. The quantitative estimate of drug-likeness (QED) is 0.425. The van der Waals surface area contributed by atoms with Gasteiger partial charge in [-0.3, -0.25) is 4.79 Å². The molecule has 0 atom stereocenters. The number of nitrogens with one attached hydrogen (secondary N) is 1. The summed E-state index contributed by atoms with van der Waals surface area (Å²) in [4.78, 5) is 24.0. The minimum atomic E-state index is -0.334. The molecule has 1 heterocycles. The van der Waals surface area contributed by atoms with Crippen LogP contribution in [0.2, 0.25) is 0 Å². The maximum absolute atomic E-state index is 12.2. The molecule has 1 aromatic carbocycles. The van der Waals surface area contributed by atoms with Gasteiger partial charge in [0.2, 0.25) is 6.54 Å². The number of nitrogens with zero attached hydrogens (tertiary/aromatic N) is 1. The number of unbranched alkanes of at least 4 members (excludes halogenated alkanes) is 1. The highest BCUT2D eigenvalue weighted by Gasteiger charge is 2.11. The number of esters is 1. The lowest BCUT2D eigenvalue weighted by molar-refractivity contribution is -0.684. The second kappa shape index (κ2) is 10.3. The topological polar surface area (TPSA) is 59.3 Å². The monoisotopic (exact) mass is 355 g/mol. The molecular weight excluding hydrogens is 328 g/mol. The minimum Gasteiger partial charge on any atom is -0.462 e. The molecule has 0 aliphatic heterocycles. The van der Waals surface area contributed by atoms with E-state index in [9.17, 15) is 9.59 Å². The number of benzene rings is 1. The summed E-state index contributed by atoms with van der Waals surface area (Å²) in [5.41, 5.74) is 2.41. The molecule has 0 bridgehead atoms. The summed E-state index contributed by atoms with van der Waals surface area (Å²) in [5, 5.41) is 2.84. The largest absolute Gasteiger partial charge is 0.462 e. The third-order valence-corrected chi connectivity index (χ3v) is 3.96.